The van der Waals surface area contributed by atoms with Crippen LogP contribution >= 0.6 is 0 Å². The van der Waals surface area contributed by atoms with Crippen LogP contribution in [0.15, 0.2) is 30.6 Å². The highest BCUT2D eigenvalue weighted by Crippen LogP contribution is 2.18. The number of para-hydroxylation sites is 1. The Balaban J connectivity index is 1.94. The summed E-state index contributed by atoms with van der Waals surface area (Å²) in [5.41, 5.74) is -0.384. The van der Waals surface area contributed by atoms with E-state index in [1.54, 1.807) is 0 Å². The zero-order valence-electron chi connectivity index (χ0n) is 13.5. The summed E-state index contributed by atoms with van der Waals surface area (Å²) in [6, 6.07) is 3.35. The molecule has 128 valence electrons. The molecule has 0 aliphatic rings. The van der Waals surface area contributed by atoms with Crippen LogP contribution in [0.3, 0.4) is 0 Å². The molecule has 0 aliphatic carbocycles. The highest BCUT2D eigenvalue weighted by atomic mass is 19.1. The maximum Gasteiger partial charge on any atom is 0.258 e. The number of hydrogen-bond acceptors (Lipinski definition) is 5. The summed E-state index contributed by atoms with van der Waals surface area (Å²) in [6.45, 7) is 1.63. The van der Waals surface area contributed by atoms with Gasteiger partial charge in [-0.15, -0.1) is 0 Å². The SMILES string of the molecule is CN(C)CCCNc1ncc(C(=O)Nc2c(F)cccc2F)cn1. The molecular weight excluding hydrogens is 316 g/mol. The Labute approximate surface area is 138 Å². The zero-order valence-corrected chi connectivity index (χ0v) is 13.5. The summed E-state index contributed by atoms with van der Waals surface area (Å²) in [5, 5.41) is 5.22. The highest BCUT2D eigenvalue weighted by Gasteiger charge is 2.14. The Morgan fingerprint density at radius 2 is 1.79 bits per heavy atom. The Morgan fingerprint density at radius 1 is 1.17 bits per heavy atom. The largest absolute Gasteiger partial charge is 0.354 e. The number of amides is 1. The minimum atomic E-state index is -0.844. The van der Waals surface area contributed by atoms with Crippen molar-refractivity contribution in [3.8, 4) is 0 Å². The summed E-state index contributed by atoms with van der Waals surface area (Å²) >= 11 is 0. The highest BCUT2D eigenvalue weighted by molar-refractivity contribution is 6.04. The number of aromatic nitrogens is 2. The summed E-state index contributed by atoms with van der Waals surface area (Å²) in [4.78, 5) is 22.1. The van der Waals surface area contributed by atoms with E-state index in [2.05, 4.69) is 25.5 Å². The van der Waals surface area contributed by atoms with Crippen LogP contribution < -0.4 is 10.6 Å². The smallest absolute Gasteiger partial charge is 0.258 e. The second kappa shape index (κ2) is 8.30. The first-order chi connectivity index (χ1) is 11.5. The van der Waals surface area contributed by atoms with Crippen LogP contribution in [0, 0.1) is 11.6 Å². The molecule has 1 aromatic heterocycles. The first-order valence-corrected chi connectivity index (χ1v) is 7.43. The van der Waals surface area contributed by atoms with Crippen molar-refractivity contribution in [1.29, 1.82) is 0 Å². The molecule has 0 bridgehead atoms. The minimum absolute atomic E-state index is 0.108. The molecule has 2 aromatic rings. The van der Waals surface area contributed by atoms with Gasteiger partial charge < -0.3 is 15.5 Å². The number of nitrogens with one attached hydrogen (secondary N) is 2. The topological polar surface area (TPSA) is 70.2 Å². The molecule has 0 atom stereocenters. The maximum atomic E-state index is 13.5. The fourth-order valence-corrected chi connectivity index (χ4v) is 1.93. The Morgan fingerprint density at radius 3 is 2.38 bits per heavy atom. The van der Waals surface area contributed by atoms with E-state index in [4.69, 9.17) is 0 Å². The molecule has 0 fully saturated rings. The molecule has 1 heterocycles. The monoisotopic (exact) mass is 335 g/mol. The van der Waals surface area contributed by atoms with E-state index in [1.165, 1.54) is 18.5 Å². The number of carbonyl (C=O) groups is 1. The molecule has 0 spiro atoms. The van der Waals surface area contributed by atoms with Crippen LogP contribution in [0.2, 0.25) is 0 Å². The number of hydrogen-bond donors (Lipinski definition) is 2. The van der Waals surface area contributed by atoms with Gasteiger partial charge in [0.2, 0.25) is 5.95 Å². The van der Waals surface area contributed by atoms with Gasteiger partial charge in [-0.05, 0) is 39.2 Å². The van der Waals surface area contributed by atoms with Crippen LogP contribution in [-0.2, 0) is 0 Å². The van der Waals surface area contributed by atoms with Gasteiger partial charge in [0, 0.05) is 18.9 Å². The van der Waals surface area contributed by atoms with E-state index in [-0.39, 0.29) is 5.56 Å². The van der Waals surface area contributed by atoms with Crippen molar-refractivity contribution in [2.75, 3.05) is 37.8 Å². The lowest BCUT2D eigenvalue weighted by Gasteiger charge is -2.10. The van der Waals surface area contributed by atoms with Crippen LogP contribution in [0.25, 0.3) is 0 Å². The molecular formula is C16H19F2N5O. The lowest BCUT2D eigenvalue weighted by molar-refractivity contribution is 0.102. The quantitative estimate of drug-likeness (QED) is 0.760. The van der Waals surface area contributed by atoms with E-state index < -0.39 is 23.2 Å². The molecule has 24 heavy (non-hydrogen) atoms. The van der Waals surface area contributed by atoms with Crippen molar-refractivity contribution in [1.82, 2.24) is 14.9 Å². The first-order valence-electron chi connectivity index (χ1n) is 7.43. The minimum Gasteiger partial charge on any atom is -0.354 e. The van der Waals surface area contributed by atoms with Gasteiger partial charge in [-0.25, -0.2) is 18.7 Å². The zero-order chi connectivity index (χ0) is 17.5. The van der Waals surface area contributed by atoms with E-state index in [1.807, 2.05) is 14.1 Å². The van der Waals surface area contributed by atoms with Crippen molar-refractivity contribution in [3.63, 3.8) is 0 Å². The second-order valence-corrected chi connectivity index (χ2v) is 5.43. The number of benzene rings is 1. The van der Waals surface area contributed by atoms with Gasteiger partial charge in [0.1, 0.15) is 17.3 Å². The number of anilines is 2. The lowest BCUT2D eigenvalue weighted by atomic mass is 10.2. The third-order valence-corrected chi connectivity index (χ3v) is 3.18. The van der Waals surface area contributed by atoms with Gasteiger partial charge in [0.05, 0.1) is 5.56 Å². The lowest BCUT2D eigenvalue weighted by Crippen LogP contribution is -2.17. The Kier molecular flexibility index (Phi) is 6.14. The number of rotatable bonds is 7. The van der Waals surface area contributed by atoms with Gasteiger partial charge in [-0.1, -0.05) is 6.07 Å². The normalized spacial score (nSPS) is 10.7. The van der Waals surface area contributed by atoms with Crippen molar-refractivity contribution in [2.24, 2.45) is 0 Å². The predicted molar refractivity (Wildman–Crippen MR) is 88.0 cm³/mol. The molecule has 2 rings (SSSR count). The van der Waals surface area contributed by atoms with Crippen molar-refractivity contribution >= 4 is 17.5 Å². The number of halogens is 2. The molecule has 1 amide bonds. The second-order valence-electron chi connectivity index (χ2n) is 5.43. The third-order valence-electron chi connectivity index (χ3n) is 3.18. The van der Waals surface area contributed by atoms with E-state index in [0.717, 1.165) is 25.1 Å². The van der Waals surface area contributed by atoms with E-state index in [9.17, 15) is 13.6 Å². The van der Waals surface area contributed by atoms with Crippen LogP contribution in [0.5, 0.6) is 0 Å². The first kappa shape index (κ1) is 17.7. The number of nitrogens with zero attached hydrogens (tertiary/aromatic N) is 3. The summed E-state index contributed by atoms with van der Waals surface area (Å²) in [6.07, 6.45) is 3.52. The fraction of sp³-hybridized carbons (Fsp3) is 0.312. The molecule has 0 aliphatic heterocycles. The van der Waals surface area contributed by atoms with Crippen molar-refractivity contribution in [3.05, 3.63) is 47.8 Å². The van der Waals surface area contributed by atoms with Gasteiger partial charge in [-0.2, -0.15) is 0 Å². The van der Waals surface area contributed by atoms with Gasteiger partial charge in [-0.3, -0.25) is 4.79 Å². The summed E-state index contributed by atoms with van der Waals surface area (Å²) < 4.78 is 27.0. The predicted octanol–water partition coefficient (Wildman–Crippen LogP) is 2.37. The van der Waals surface area contributed by atoms with Crippen LogP contribution in [0.4, 0.5) is 20.4 Å². The molecule has 0 saturated heterocycles. The Hall–Kier alpha value is -2.61. The fourth-order valence-electron chi connectivity index (χ4n) is 1.93. The molecule has 0 unspecified atom stereocenters. The number of carbonyl (C=O) groups excluding carboxylic acids is 1. The van der Waals surface area contributed by atoms with Crippen LogP contribution in [-0.4, -0.2) is 48.0 Å². The third kappa shape index (κ3) is 4.95. The summed E-state index contributed by atoms with van der Waals surface area (Å²) in [5.74, 6) is -1.98. The average molecular weight is 335 g/mol. The standard InChI is InChI=1S/C16H19F2N5O/c1-23(2)8-4-7-19-16-20-9-11(10-21-16)15(24)22-14-12(17)5-3-6-13(14)18/h3,5-6,9-10H,4,7-8H2,1-2H3,(H,22,24)(H,19,20,21). The van der Waals surface area contributed by atoms with Gasteiger partial charge in [0.15, 0.2) is 0 Å². The summed E-state index contributed by atoms with van der Waals surface area (Å²) in [7, 11) is 3.98. The Bertz CT molecular complexity index is 671. The molecule has 0 saturated carbocycles. The van der Waals surface area contributed by atoms with Gasteiger partial charge >= 0.3 is 0 Å². The average Bonchev–Trinajstić information content (AvgIpc) is 2.55. The molecule has 8 heteroatoms. The molecule has 0 radical (unpaired) electrons. The van der Waals surface area contributed by atoms with Crippen molar-refractivity contribution < 1.29 is 13.6 Å². The molecule has 1 aromatic carbocycles. The van der Waals surface area contributed by atoms with E-state index >= 15 is 0 Å². The van der Waals surface area contributed by atoms with Crippen LogP contribution in [0.1, 0.15) is 16.8 Å². The van der Waals surface area contributed by atoms with Gasteiger partial charge in [0.25, 0.3) is 5.91 Å². The molecule has 2 N–H and O–H groups in total. The maximum absolute atomic E-state index is 13.5. The van der Waals surface area contributed by atoms with Crippen molar-refractivity contribution in [2.45, 2.75) is 6.42 Å². The van der Waals surface area contributed by atoms with E-state index in [0.29, 0.717) is 12.5 Å². The molecule has 6 nitrogen and oxygen atoms in total.